The number of halogens is 1. The summed E-state index contributed by atoms with van der Waals surface area (Å²) in [5, 5.41) is 3.45. The highest BCUT2D eigenvalue weighted by Gasteiger charge is 2.28. The first kappa shape index (κ1) is 16.6. The van der Waals surface area contributed by atoms with Crippen LogP contribution in [0, 0.1) is 0 Å². The van der Waals surface area contributed by atoms with Crippen molar-refractivity contribution in [3.05, 3.63) is 11.5 Å². The Bertz CT molecular complexity index is 547. The molecule has 0 spiro atoms. The first-order chi connectivity index (χ1) is 10.3. The predicted octanol–water partition coefficient (Wildman–Crippen LogP) is 2.52. The fourth-order valence-corrected chi connectivity index (χ4v) is 2.40. The van der Waals surface area contributed by atoms with Crippen molar-refractivity contribution in [2.45, 2.75) is 45.3 Å². The Morgan fingerprint density at radius 1 is 1.50 bits per heavy atom. The lowest BCUT2D eigenvalue weighted by atomic mass is 10.1. The average molecular weight is 328 g/mol. The number of nitrogens with zero attached hydrogens (tertiary/aromatic N) is 3. The van der Waals surface area contributed by atoms with Gasteiger partial charge in [0.15, 0.2) is 11.0 Å². The Hall–Kier alpha value is -1.76. The molecule has 1 saturated heterocycles. The van der Waals surface area contributed by atoms with Gasteiger partial charge in [-0.1, -0.05) is 11.6 Å². The number of likely N-dealkylation sites (tertiary alicyclic amines) is 1. The maximum absolute atomic E-state index is 12.1. The maximum atomic E-state index is 12.1. The smallest absolute Gasteiger partial charge is 0.410 e. The normalized spacial score (nSPS) is 18.9. The number of nitrogen functional groups attached to an aromatic ring is 1. The summed E-state index contributed by atoms with van der Waals surface area (Å²) in [6.07, 6.45) is 2.86. The maximum Gasteiger partial charge on any atom is 0.410 e. The molecule has 1 aromatic rings. The number of nitrogens with one attached hydrogen (secondary N) is 1. The second kappa shape index (κ2) is 6.56. The number of ether oxygens (including phenoxy) is 1. The number of hydrogen-bond acceptors (Lipinski definition) is 6. The van der Waals surface area contributed by atoms with Crippen molar-refractivity contribution in [2.75, 3.05) is 24.1 Å². The summed E-state index contributed by atoms with van der Waals surface area (Å²) in [7, 11) is 0. The molecule has 7 nitrogen and oxygen atoms in total. The van der Waals surface area contributed by atoms with Crippen molar-refractivity contribution in [3.63, 3.8) is 0 Å². The van der Waals surface area contributed by atoms with E-state index in [0.717, 1.165) is 12.8 Å². The molecule has 2 rings (SSSR count). The molecule has 1 fully saturated rings. The summed E-state index contributed by atoms with van der Waals surface area (Å²) in [6.45, 7) is 6.79. The molecule has 122 valence electrons. The van der Waals surface area contributed by atoms with Crippen molar-refractivity contribution in [2.24, 2.45) is 0 Å². The van der Waals surface area contributed by atoms with Crippen LogP contribution in [-0.4, -0.2) is 45.7 Å². The molecule has 1 unspecified atom stereocenters. The van der Waals surface area contributed by atoms with E-state index in [1.54, 1.807) is 4.90 Å². The van der Waals surface area contributed by atoms with Crippen molar-refractivity contribution in [1.82, 2.24) is 14.9 Å². The van der Waals surface area contributed by atoms with Crippen LogP contribution in [0.4, 0.5) is 16.3 Å². The van der Waals surface area contributed by atoms with Gasteiger partial charge in [0.05, 0.1) is 0 Å². The predicted molar refractivity (Wildman–Crippen MR) is 85.9 cm³/mol. The molecule has 0 aromatic carbocycles. The topological polar surface area (TPSA) is 93.4 Å². The van der Waals surface area contributed by atoms with Gasteiger partial charge in [0.1, 0.15) is 17.6 Å². The zero-order chi connectivity index (χ0) is 16.3. The molecule has 0 saturated carbocycles. The standard InChI is InChI=1S/C14H22ClN5O2/c1-14(2,3)22-13(21)20-6-4-5-9(7-20)19-12-10(16)11(15)17-8-18-12/h8-9H,4-7,16H2,1-3H3,(H,17,18,19). The Balaban J connectivity index is 1.99. The third-order valence-electron chi connectivity index (χ3n) is 3.25. The minimum absolute atomic E-state index is 0.0505. The molecule has 2 heterocycles. The van der Waals surface area contributed by atoms with Crippen LogP contribution in [-0.2, 0) is 4.74 Å². The zero-order valence-corrected chi connectivity index (χ0v) is 13.9. The monoisotopic (exact) mass is 327 g/mol. The van der Waals surface area contributed by atoms with Gasteiger partial charge in [0, 0.05) is 19.1 Å². The fraction of sp³-hybridized carbons (Fsp3) is 0.643. The van der Waals surface area contributed by atoms with Gasteiger partial charge >= 0.3 is 6.09 Å². The van der Waals surface area contributed by atoms with Crippen LogP contribution in [0.5, 0.6) is 0 Å². The second-order valence-corrected chi connectivity index (χ2v) is 6.69. The quantitative estimate of drug-likeness (QED) is 0.811. The molecular weight excluding hydrogens is 306 g/mol. The molecule has 1 aliphatic rings. The van der Waals surface area contributed by atoms with E-state index in [1.807, 2.05) is 20.8 Å². The number of rotatable bonds is 2. The van der Waals surface area contributed by atoms with E-state index in [1.165, 1.54) is 6.33 Å². The summed E-state index contributed by atoms with van der Waals surface area (Å²) in [5.74, 6) is 0.496. The Morgan fingerprint density at radius 2 is 2.23 bits per heavy atom. The van der Waals surface area contributed by atoms with Gasteiger partial charge in [-0.3, -0.25) is 0 Å². The lowest BCUT2D eigenvalue weighted by Gasteiger charge is -2.34. The van der Waals surface area contributed by atoms with Gasteiger partial charge in [0.25, 0.3) is 0 Å². The summed E-state index contributed by atoms with van der Waals surface area (Å²) < 4.78 is 5.41. The van der Waals surface area contributed by atoms with E-state index in [2.05, 4.69) is 15.3 Å². The summed E-state index contributed by atoms with van der Waals surface area (Å²) in [4.78, 5) is 21.8. The molecule has 1 aliphatic heterocycles. The van der Waals surface area contributed by atoms with Gasteiger partial charge in [-0.15, -0.1) is 0 Å². The Labute approximate surface area is 135 Å². The van der Waals surface area contributed by atoms with Crippen molar-refractivity contribution >= 4 is 29.2 Å². The van der Waals surface area contributed by atoms with E-state index >= 15 is 0 Å². The molecular formula is C14H22ClN5O2. The van der Waals surface area contributed by atoms with Crippen molar-refractivity contribution in [3.8, 4) is 0 Å². The Kier molecular flexibility index (Phi) is 4.95. The SMILES string of the molecule is CC(C)(C)OC(=O)N1CCCC(Nc2ncnc(Cl)c2N)C1. The molecule has 1 amide bonds. The third-order valence-corrected chi connectivity index (χ3v) is 3.55. The van der Waals surface area contributed by atoms with E-state index < -0.39 is 5.60 Å². The number of hydrogen-bond donors (Lipinski definition) is 2. The van der Waals surface area contributed by atoms with Gasteiger partial charge in [-0.05, 0) is 33.6 Å². The lowest BCUT2D eigenvalue weighted by molar-refractivity contribution is 0.0206. The first-order valence-corrected chi connectivity index (χ1v) is 7.64. The minimum Gasteiger partial charge on any atom is -0.444 e. The second-order valence-electron chi connectivity index (χ2n) is 6.34. The van der Waals surface area contributed by atoms with Crippen LogP contribution in [0.3, 0.4) is 0 Å². The van der Waals surface area contributed by atoms with Gasteiger partial charge in [-0.25, -0.2) is 14.8 Å². The van der Waals surface area contributed by atoms with Crippen LogP contribution in [0.15, 0.2) is 6.33 Å². The van der Waals surface area contributed by atoms with Crippen LogP contribution in [0.25, 0.3) is 0 Å². The number of carbonyl (C=O) groups is 1. The Morgan fingerprint density at radius 3 is 2.91 bits per heavy atom. The van der Waals surface area contributed by atoms with Crippen molar-refractivity contribution in [1.29, 1.82) is 0 Å². The van der Waals surface area contributed by atoms with Crippen LogP contribution in [0.1, 0.15) is 33.6 Å². The largest absolute Gasteiger partial charge is 0.444 e. The molecule has 1 atom stereocenters. The van der Waals surface area contributed by atoms with E-state index in [9.17, 15) is 4.79 Å². The van der Waals surface area contributed by atoms with Crippen LogP contribution < -0.4 is 11.1 Å². The number of anilines is 2. The highest BCUT2D eigenvalue weighted by molar-refractivity contribution is 6.32. The highest BCUT2D eigenvalue weighted by atomic mass is 35.5. The number of aromatic nitrogens is 2. The average Bonchev–Trinajstić information content (AvgIpc) is 2.42. The lowest BCUT2D eigenvalue weighted by Crippen LogP contribution is -2.47. The molecule has 0 aliphatic carbocycles. The van der Waals surface area contributed by atoms with E-state index in [4.69, 9.17) is 22.1 Å². The number of nitrogens with two attached hydrogens (primary N) is 1. The third kappa shape index (κ3) is 4.37. The van der Waals surface area contributed by atoms with E-state index in [-0.39, 0.29) is 17.3 Å². The van der Waals surface area contributed by atoms with Crippen LogP contribution >= 0.6 is 11.6 Å². The van der Waals surface area contributed by atoms with Gasteiger partial charge < -0.3 is 20.7 Å². The van der Waals surface area contributed by atoms with Crippen LogP contribution in [0.2, 0.25) is 5.15 Å². The number of carbonyl (C=O) groups excluding carboxylic acids is 1. The fourth-order valence-electron chi connectivity index (χ4n) is 2.27. The molecule has 0 radical (unpaired) electrons. The van der Waals surface area contributed by atoms with Crippen molar-refractivity contribution < 1.29 is 9.53 Å². The van der Waals surface area contributed by atoms with Gasteiger partial charge in [0.2, 0.25) is 0 Å². The van der Waals surface area contributed by atoms with E-state index in [0.29, 0.717) is 24.6 Å². The summed E-state index contributed by atoms with van der Waals surface area (Å²) in [5.41, 5.74) is 5.67. The molecule has 1 aromatic heterocycles. The molecule has 0 bridgehead atoms. The summed E-state index contributed by atoms with van der Waals surface area (Å²) >= 11 is 5.88. The number of piperidine rings is 1. The number of amides is 1. The van der Waals surface area contributed by atoms with Gasteiger partial charge in [-0.2, -0.15) is 0 Å². The summed E-state index contributed by atoms with van der Waals surface area (Å²) in [6, 6.07) is 0.0505. The highest BCUT2D eigenvalue weighted by Crippen LogP contribution is 2.24. The zero-order valence-electron chi connectivity index (χ0n) is 13.1. The minimum atomic E-state index is -0.498. The molecule has 8 heteroatoms. The molecule has 22 heavy (non-hydrogen) atoms. The first-order valence-electron chi connectivity index (χ1n) is 7.26. The molecule has 3 N–H and O–H groups in total.